The SMILES string of the molecule is Cc1cc(F)c(Cc2nc(Br)cn3ncnc23)cc1F. The summed E-state index contributed by atoms with van der Waals surface area (Å²) in [7, 11) is 0. The van der Waals surface area contributed by atoms with E-state index in [0.717, 1.165) is 0 Å². The van der Waals surface area contributed by atoms with Gasteiger partial charge >= 0.3 is 0 Å². The summed E-state index contributed by atoms with van der Waals surface area (Å²) in [5, 5.41) is 4.00. The minimum absolute atomic E-state index is 0.144. The molecule has 0 saturated heterocycles. The number of aromatic nitrogens is 4. The van der Waals surface area contributed by atoms with Crippen molar-refractivity contribution in [1.29, 1.82) is 0 Å². The number of hydrogen-bond donors (Lipinski definition) is 0. The summed E-state index contributed by atoms with van der Waals surface area (Å²) in [5.74, 6) is -0.891. The smallest absolute Gasteiger partial charge is 0.177 e. The Morgan fingerprint density at radius 1 is 1.25 bits per heavy atom. The van der Waals surface area contributed by atoms with Gasteiger partial charge in [-0.15, -0.1) is 0 Å². The lowest BCUT2D eigenvalue weighted by atomic mass is 10.1. The van der Waals surface area contributed by atoms with Gasteiger partial charge in [0.1, 0.15) is 22.6 Å². The quantitative estimate of drug-likeness (QED) is 0.721. The van der Waals surface area contributed by atoms with Crippen molar-refractivity contribution in [3.05, 3.63) is 57.7 Å². The normalized spacial score (nSPS) is 11.2. The molecule has 2 aromatic heterocycles. The molecule has 20 heavy (non-hydrogen) atoms. The van der Waals surface area contributed by atoms with E-state index < -0.39 is 11.6 Å². The van der Waals surface area contributed by atoms with E-state index >= 15 is 0 Å². The molecular formula is C13H9BrF2N4. The standard InChI is InChI=1S/C13H9BrF2N4/c1-7-2-10(16)8(3-9(7)15)4-11-13-17-6-18-20(13)5-12(14)19-11/h2-3,5-6H,4H2,1H3. The topological polar surface area (TPSA) is 43.1 Å². The number of benzene rings is 1. The summed E-state index contributed by atoms with van der Waals surface area (Å²) in [5.41, 5.74) is 1.57. The molecule has 1 aromatic carbocycles. The second-order valence-electron chi connectivity index (χ2n) is 4.41. The van der Waals surface area contributed by atoms with Crippen molar-refractivity contribution >= 4 is 21.6 Å². The van der Waals surface area contributed by atoms with Crippen LogP contribution in [0.15, 0.2) is 29.3 Å². The largest absolute Gasteiger partial charge is 0.240 e. The van der Waals surface area contributed by atoms with Crippen LogP contribution in [0.5, 0.6) is 0 Å². The first kappa shape index (κ1) is 13.1. The fourth-order valence-electron chi connectivity index (χ4n) is 1.98. The van der Waals surface area contributed by atoms with Crippen molar-refractivity contribution < 1.29 is 8.78 Å². The lowest BCUT2D eigenvalue weighted by Crippen LogP contribution is -2.02. The molecule has 4 nitrogen and oxygen atoms in total. The minimum Gasteiger partial charge on any atom is -0.240 e. The van der Waals surface area contributed by atoms with Crippen molar-refractivity contribution in [3.63, 3.8) is 0 Å². The maximum atomic E-state index is 13.9. The zero-order valence-electron chi connectivity index (χ0n) is 10.4. The maximum absolute atomic E-state index is 13.9. The molecule has 7 heteroatoms. The summed E-state index contributed by atoms with van der Waals surface area (Å²) >= 11 is 3.26. The molecule has 0 saturated carbocycles. The Balaban J connectivity index is 2.09. The summed E-state index contributed by atoms with van der Waals surface area (Å²) in [6, 6.07) is 2.38. The Kier molecular flexibility index (Phi) is 3.21. The molecule has 0 amide bonds. The highest BCUT2D eigenvalue weighted by Crippen LogP contribution is 2.20. The van der Waals surface area contributed by atoms with Crippen LogP contribution in [-0.2, 0) is 6.42 Å². The lowest BCUT2D eigenvalue weighted by Gasteiger charge is -2.06. The fourth-order valence-corrected chi connectivity index (χ4v) is 2.39. The Hall–Kier alpha value is -1.89. The summed E-state index contributed by atoms with van der Waals surface area (Å²) in [6.45, 7) is 1.52. The third-order valence-electron chi connectivity index (χ3n) is 2.99. The van der Waals surface area contributed by atoms with Crippen LogP contribution in [0.2, 0.25) is 0 Å². The monoisotopic (exact) mass is 338 g/mol. The number of fused-ring (bicyclic) bond motifs is 1. The number of nitrogens with zero attached hydrogens (tertiary/aromatic N) is 4. The predicted octanol–water partition coefficient (Wildman–Crippen LogP) is 3.06. The second-order valence-corrected chi connectivity index (χ2v) is 5.22. The summed E-state index contributed by atoms with van der Waals surface area (Å²) in [4.78, 5) is 8.34. The predicted molar refractivity (Wildman–Crippen MR) is 72.4 cm³/mol. The highest BCUT2D eigenvalue weighted by molar-refractivity contribution is 9.10. The van der Waals surface area contributed by atoms with E-state index in [1.165, 1.54) is 29.9 Å². The molecule has 0 atom stereocenters. The molecule has 0 bridgehead atoms. The van der Waals surface area contributed by atoms with E-state index in [-0.39, 0.29) is 17.5 Å². The highest BCUT2D eigenvalue weighted by Gasteiger charge is 2.13. The van der Waals surface area contributed by atoms with Gasteiger partial charge in [0.2, 0.25) is 0 Å². The van der Waals surface area contributed by atoms with E-state index in [4.69, 9.17) is 0 Å². The van der Waals surface area contributed by atoms with E-state index in [0.29, 0.717) is 15.9 Å². The van der Waals surface area contributed by atoms with Gasteiger partial charge in [0.15, 0.2) is 5.65 Å². The Morgan fingerprint density at radius 2 is 2.05 bits per heavy atom. The number of hydrogen-bond acceptors (Lipinski definition) is 3. The van der Waals surface area contributed by atoms with Gasteiger partial charge in [-0.05, 0) is 46.1 Å². The molecule has 0 aliphatic carbocycles. The third-order valence-corrected chi connectivity index (χ3v) is 3.37. The molecule has 0 aliphatic rings. The Morgan fingerprint density at radius 3 is 2.85 bits per heavy atom. The number of aryl methyl sites for hydroxylation is 1. The second kappa shape index (κ2) is 4.90. The van der Waals surface area contributed by atoms with Gasteiger partial charge in [0.05, 0.1) is 11.9 Å². The van der Waals surface area contributed by atoms with Gasteiger partial charge in [-0.2, -0.15) is 5.10 Å². The van der Waals surface area contributed by atoms with Crippen LogP contribution in [0.25, 0.3) is 5.65 Å². The van der Waals surface area contributed by atoms with Crippen LogP contribution in [-0.4, -0.2) is 19.6 Å². The van der Waals surface area contributed by atoms with Crippen molar-refractivity contribution in [2.75, 3.05) is 0 Å². The van der Waals surface area contributed by atoms with Crippen LogP contribution >= 0.6 is 15.9 Å². The molecule has 0 N–H and O–H groups in total. The van der Waals surface area contributed by atoms with Crippen molar-refractivity contribution in [2.24, 2.45) is 0 Å². The van der Waals surface area contributed by atoms with Gasteiger partial charge < -0.3 is 0 Å². The molecule has 102 valence electrons. The Bertz CT molecular complexity index is 800. The molecular weight excluding hydrogens is 330 g/mol. The van der Waals surface area contributed by atoms with E-state index in [1.54, 1.807) is 6.20 Å². The maximum Gasteiger partial charge on any atom is 0.177 e. The van der Waals surface area contributed by atoms with Gasteiger partial charge in [-0.1, -0.05) is 0 Å². The first-order valence-corrected chi connectivity index (χ1v) is 6.63. The van der Waals surface area contributed by atoms with E-state index in [9.17, 15) is 8.78 Å². The molecule has 0 fully saturated rings. The molecule has 3 aromatic rings. The average molecular weight is 339 g/mol. The van der Waals surface area contributed by atoms with Crippen LogP contribution in [0.1, 0.15) is 16.8 Å². The minimum atomic E-state index is -0.455. The summed E-state index contributed by atoms with van der Waals surface area (Å²) in [6.07, 6.45) is 3.18. The molecule has 0 radical (unpaired) electrons. The zero-order chi connectivity index (χ0) is 14.3. The molecule has 0 spiro atoms. The van der Waals surface area contributed by atoms with Crippen molar-refractivity contribution in [1.82, 2.24) is 19.6 Å². The first-order valence-electron chi connectivity index (χ1n) is 5.84. The Labute approximate surface area is 121 Å². The molecule has 0 unspecified atom stereocenters. The number of rotatable bonds is 2. The van der Waals surface area contributed by atoms with E-state index in [2.05, 4.69) is 31.0 Å². The van der Waals surface area contributed by atoms with Crippen molar-refractivity contribution in [3.8, 4) is 0 Å². The van der Waals surface area contributed by atoms with Crippen LogP contribution in [0.4, 0.5) is 8.78 Å². The molecule has 2 heterocycles. The lowest BCUT2D eigenvalue weighted by molar-refractivity contribution is 0.581. The van der Waals surface area contributed by atoms with Gasteiger partial charge in [0, 0.05) is 6.42 Å². The third kappa shape index (κ3) is 2.29. The van der Waals surface area contributed by atoms with Crippen molar-refractivity contribution in [2.45, 2.75) is 13.3 Å². The highest BCUT2D eigenvalue weighted by atomic mass is 79.9. The van der Waals surface area contributed by atoms with Gasteiger partial charge in [0.25, 0.3) is 0 Å². The van der Waals surface area contributed by atoms with E-state index in [1.807, 2.05) is 0 Å². The van der Waals surface area contributed by atoms with Crippen LogP contribution < -0.4 is 0 Å². The van der Waals surface area contributed by atoms with Gasteiger partial charge in [-0.3, -0.25) is 0 Å². The average Bonchev–Trinajstić information content (AvgIpc) is 2.84. The number of halogens is 3. The molecule has 3 rings (SSSR count). The first-order chi connectivity index (χ1) is 9.54. The fraction of sp³-hybridized carbons (Fsp3) is 0.154. The molecule has 0 aliphatic heterocycles. The van der Waals surface area contributed by atoms with Crippen LogP contribution in [0, 0.1) is 18.6 Å². The summed E-state index contributed by atoms with van der Waals surface area (Å²) < 4.78 is 29.6. The van der Waals surface area contributed by atoms with Crippen LogP contribution in [0.3, 0.4) is 0 Å². The van der Waals surface area contributed by atoms with Gasteiger partial charge in [-0.25, -0.2) is 23.3 Å². The zero-order valence-corrected chi connectivity index (χ0v) is 12.0.